The lowest BCUT2D eigenvalue weighted by Crippen LogP contribution is -2.29. The fourth-order valence-electron chi connectivity index (χ4n) is 2.01. The lowest BCUT2D eigenvalue weighted by Gasteiger charge is -2.15. The highest BCUT2D eigenvalue weighted by Crippen LogP contribution is 2.20. The third-order valence-corrected chi connectivity index (χ3v) is 3.23. The first-order valence-electron chi connectivity index (χ1n) is 6.39. The largest absolute Gasteiger partial charge is 0.477 e. The summed E-state index contributed by atoms with van der Waals surface area (Å²) in [5, 5.41) is 19.7. The Morgan fingerprint density at radius 1 is 1.41 bits per heavy atom. The first kappa shape index (κ1) is 15.3. The first-order chi connectivity index (χ1) is 10.3. The van der Waals surface area contributed by atoms with Crippen molar-refractivity contribution in [2.75, 3.05) is 11.9 Å². The third kappa shape index (κ3) is 2.68. The molecule has 2 aromatic heterocycles. The number of aromatic carboxylic acids is 1. The quantitative estimate of drug-likeness (QED) is 0.686. The van der Waals surface area contributed by atoms with Crippen LogP contribution in [0.3, 0.4) is 0 Å². The second kappa shape index (κ2) is 5.72. The predicted octanol–water partition coefficient (Wildman–Crippen LogP) is 2.02. The van der Waals surface area contributed by atoms with Crippen LogP contribution in [0.4, 0.5) is 16.2 Å². The highest BCUT2D eigenvalue weighted by Gasteiger charge is 2.20. The fraction of sp³-hybridized carbons (Fsp3) is 0.231. The average Bonchev–Trinajstić information content (AvgIpc) is 3.12. The molecule has 1 N–H and O–H groups in total. The van der Waals surface area contributed by atoms with Gasteiger partial charge in [-0.1, -0.05) is 0 Å². The summed E-state index contributed by atoms with van der Waals surface area (Å²) in [6.07, 6.45) is 3.93. The van der Waals surface area contributed by atoms with Crippen molar-refractivity contribution in [2.45, 2.75) is 13.5 Å². The van der Waals surface area contributed by atoms with E-state index in [0.29, 0.717) is 12.2 Å². The number of aromatic nitrogens is 2. The summed E-state index contributed by atoms with van der Waals surface area (Å²) < 4.78 is 2.57. The number of carbonyl (C=O) groups is 2. The molecular weight excluding hydrogens is 292 g/mol. The highest BCUT2D eigenvalue weighted by molar-refractivity contribution is 5.95. The zero-order valence-electron chi connectivity index (χ0n) is 12.0. The van der Waals surface area contributed by atoms with Crippen LogP contribution in [-0.4, -0.2) is 38.2 Å². The van der Waals surface area contributed by atoms with Crippen LogP contribution in [0.2, 0.25) is 0 Å². The Morgan fingerprint density at radius 3 is 2.55 bits per heavy atom. The summed E-state index contributed by atoms with van der Waals surface area (Å²) in [7, 11) is 1.47. The van der Waals surface area contributed by atoms with Gasteiger partial charge in [0.2, 0.25) is 0 Å². The van der Waals surface area contributed by atoms with Gasteiger partial charge in [-0.2, -0.15) is 0 Å². The van der Waals surface area contributed by atoms with Crippen molar-refractivity contribution in [1.82, 2.24) is 9.13 Å². The molecule has 0 unspecified atom stereocenters. The Labute approximate surface area is 125 Å². The van der Waals surface area contributed by atoms with E-state index in [4.69, 9.17) is 5.11 Å². The summed E-state index contributed by atoms with van der Waals surface area (Å²) in [6.45, 7) is 2.23. The third-order valence-electron chi connectivity index (χ3n) is 3.23. The molecule has 9 heteroatoms. The van der Waals surface area contributed by atoms with Gasteiger partial charge in [-0.15, -0.1) is 0 Å². The Balaban J connectivity index is 2.30. The lowest BCUT2D eigenvalue weighted by atomic mass is 10.4. The van der Waals surface area contributed by atoms with E-state index in [1.54, 1.807) is 13.1 Å². The zero-order chi connectivity index (χ0) is 16.4. The van der Waals surface area contributed by atoms with Crippen molar-refractivity contribution >= 4 is 23.4 Å². The molecule has 116 valence electrons. The summed E-state index contributed by atoms with van der Waals surface area (Å²) in [5.41, 5.74) is 0.260. The molecule has 0 radical (unpaired) electrons. The summed E-state index contributed by atoms with van der Waals surface area (Å²) in [5.74, 6) is -1.09. The van der Waals surface area contributed by atoms with Crippen molar-refractivity contribution in [1.29, 1.82) is 0 Å². The molecule has 0 fully saturated rings. The van der Waals surface area contributed by atoms with Gasteiger partial charge in [-0.25, -0.2) is 9.59 Å². The van der Waals surface area contributed by atoms with Crippen LogP contribution in [0.5, 0.6) is 0 Å². The highest BCUT2D eigenvalue weighted by atomic mass is 16.6. The lowest BCUT2D eigenvalue weighted by molar-refractivity contribution is -0.384. The second-order valence-electron chi connectivity index (χ2n) is 4.55. The van der Waals surface area contributed by atoms with Crippen LogP contribution in [0.25, 0.3) is 0 Å². The van der Waals surface area contributed by atoms with Crippen LogP contribution in [0, 0.1) is 10.1 Å². The van der Waals surface area contributed by atoms with Crippen molar-refractivity contribution in [3.05, 3.63) is 46.5 Å². The first-order valence-corrected chi connectivity index (χ1v) is 6.39. The number of hydrogen-bond donors (Lipinski definition) is 1. The molecular formula is C13H14N4O5. The molecule has 22 heavy (non-hydrogen) atoms. The van der Waals surface area contributed by atoms with Gasteiger partial charge in [0.05, 0.1) is 16.8 Å². The molecule has 9 nitrogen and oxygen atoms in total. The van der Waals surface area contributed by atoms with Gasteiger partial charge in [0.25, 0.3) is 5.69 Å². The molecule has 2 rings (SSSR count). The van der Waals surface area contributed by atoms with E-state index < -0.39 is 16.9 Å². The summed E-state index contributed by atoms with van der Waals surface area (Å²) >= 11 is 0. The van der Waals surface area contributed by atoms with Gasteiger partial charge in [-0.05, 0) is 13.0 Å². The van der Waals surface area contributed by atoms with Gasteiger partial charge in [0.15, 0.2) is 0 Å². The number of aryl methyl sites for hydroxylation is 1. The molecule has 0 saturated carbocycles. The number of carbonyl (C=O) groups excluding carboxylic acids is 1. The van der Waals surface area contributed by atoms with Crippen molar-refractivity contribution in [3.8, 4) is 0 Å². The zero-order valence-corrected chi connectivity index (χ0v) is 12.0. The topological polar surface area (TPSA) is 111 Å². The van der Waals surface area contributed by atoms with E-state index in [0.717, 1.165) is 10.8 Å². The minimum Gasteiger partial charge on any atom is -0.477 e. The molecule has 0 aliphatic heterocycles. The van der Waals surface area contributed by atoms with E-state index in [1.807, 2.05) is 0 Å². The number of carboxylic acid groups (broad SMARTS) is 1. The number of amides is 1. The maximum atomic E-state index is 12.3. The Kier molecular flexibility index (Phi) is 3.97. The average molecular weight is 306 g/mol. The smallest absolute Gasteiger partial charge is 0.352 e. The monoisotopic (exact) mass is 306 g/mol. The van der Waals surface area contributed by atoms with Gasteiger partial charge >= 0.3 is 12.0 Å². The molecule has 0 aliphatic rings. The standard InChI is InChI=1S/C13H14N4O5/c1-3-15-8-10(6-11(15)12(18)19)14(2)13(20)16-5-4-9(7-16)17(21)22/h4-8H,3H2,1-2H3,(H,18,19). The number of hydrogen-bond acceptors (Lipinski definition) is 4. The molecule has 0 bridgehead atoms. The Bertz CT molecular complexity index is 745. The Hall–Kier alpha value is -3.10. The van der Waals surface area contributed by atoms with Crippen molar-refractivity contribution in [3.63, 3.8) is 0 Å². The van der Waals surface area contributed by atoms with Gasteiger partial charge in [-0.3, -0.25) is 19.6 Å². The van der Waals surface area contributed by atoms with Gasteiger partial charge < -0.3 is 9.67 Å². The number of rotatable bonds is 4. The van der Waals surface area contributed by atoms with E-state index in [2.05, 4.69) is 0 Å². The second-order valence-corrected chi connectivity index (χ2v) is 4.55. The molecule has 2 heterocycles. The predicted molar refractivity (Wildman–Crippen MR) is 77.3 cm³/mol. The van der Waals surface area contributed by atoms with E-state index >= 15 is 0 Å². The molecule has 2 aromatic rings. The summed E-state index contributed by atoms with van der Waals surface area (Å²) in [6, 6.07) is 2.06. The Morgan fingerprint density at radius 2 is 2.09 bits per heavy atom. The van der Waals surface area contributed by atoms with Crippen LogP contribution in [-0.2, 0) is 6.54 Å². The van der Waals surface area contributed by atoms with Crippen molar-refractivity contribution in [2.24, 2.45) is 0 Å². The van der Waals surface area contributed by atoms with Gasteiger partial charge in [0.1, 0.15) is 5.69 Å². The maximum Gasteiger partial charge on any atom is 0.352 e. The number of carboxylic acids is 1. The van der Waals surface area contributed by atoms with E-state index in [-0.39, 0.29) is 11.4 Å². The molecule has 0 aliphatic carbocycles. The van der Waals surface area contributed by atoms with Crippen molar-refractivity contribution < 1.29 is 19.6 Å². The van der Waals surface area contributed by atoms with Gasteiger partial charge in [0, 0.05) is 32.1 Å². The van der Waals surface area contributed by atoms with Crippen LogP contribution >= 0.6 is 0 Å². The van der Waals surface area contributed by atoms with E-state index in [1.165, 1.54) is 34.8 Å². The molecule has 0 spiro atoms. The minimum atomic E-state index is -1.09. The summed E-state index contributed by atoms with van der Waals surface area (Å²) in [4.78, 5) is 34.7. The van der Waals surface area contributed by atoms with Crippen LogP contribution in [0.1, 0.15) is 17.4 Å². The maximum absolute atomic E-state index is 12.3. The molecule has 0 saturated heterocycles. The fourth-order valence-corrected chi connectivity index (χ4v) is 2.01. The molecule has 1 amide bonds. The molecule has 0 atom stereocenters. The van der Waals surface area contributed by atoms with Crippen LogP contribution < -0.4 is 4.90 Å². The number of nitrogens with zero attached hydrogens (tertiary/aromatic N) is 4. The normalized spacial score (nSPS) is 10.5. The minimum absolute atomic E-state index is 0.0654. The SMILES string of the molecule is CCn1cc(N(C)C(=O)n2ccc([N+](=O)[O-])c2)cc1C(=O)O. The number of nitro groups is 1. The van der Waals surface area contributed by atoms with E-state index in [9.17, 15) is 19.7 Å². The van der Waals surface area contributed by atoms with Crippen LogP contribution in [0.15, 0.2) is 30.7 Å². The number of anilines is 1. The molecule has 0 aromatic carbocycles.